The summed E-state index contributed by atoms with van der Waals surface area (Å²) in [6.07, 6.45) is 0.750. The molecule has 0 atom stereocenters. The number of nitrogens with zero attached hydrogens (tertiary/aromatic N) is 2. The summed E-state index contributed by atoms with van der Waals surface area (Å²) < 4.78 is 30.6. The van der Waals surface area contributed by atoms with E-state index < -0.39 is 10.0 Å². The molecule has 0 N–H and O–H groups in total. The summed E-state index contributed by atoms with van der Waals surface area (Å²) in [7, 11) is -1.49. The lowest BCUT2D eigenvalue weighted by molar-refractivity contribution is 0.382. The van der Waals surface area contributed by atoms with Gasteiger partial charge in [0.2, 0.25) is 10.0 Å². The van der Waals surface area contributed by atoms with E-state index in [1.807, 2.05) is 52.1 Å². The molecule has 0 unspecified atom stereocenters. The van der Waals surface area contributed by atoms with Crippen molar-refractivity contribution in [3.05, 3.63) is 64.3 Å². The first-order chi connectivity index (χ1) is 12.3. The van der Waals surface area contributed by atoms with Gasteiger partial charge in [0.1, 0.15) is 0 Å². The van der Waals surface area contributed by atoms with E-state index in [1.54, 1.807) is 4.31 Å². The minimum atomic E-state index is -3.52. The maximum Gasteiger partial charge on any atom is 0.243 e. The van der Waals surface area contributed by atoms with Crippen molar-refractivity contribution in [2.24, 2.45) is 7.05 Å². The van der Waals surface area contributed by atoms with Crippen molar-refractivity contribution in [3.8, 4) is 0 Å². The molecular weight excluding hydrogens is 344 g/mol. The van der Waals surface area contributed by atoms with Crippen LogP contribution in [0.5, 0.6) is 0 Å². The number of hydrogen-bond acceptors (Lipinski definition) is 2. The zero-order chi connectivity index (χ0) is 18.6. The van der Waals surface area contributed by atoms with Gasteiger partial charge in [0, 0.05) is 30.2 Å². The molecule has 0 spiro atoms. The minimum Gasteiger partial charge on any atom is -0.346 e. The first-order valence-corrected chi connectivity index (χ1v) is 10.4. The molecule has 1 aromatic heterocycles. The van der Waals surface area contributed by atoms with Gasteiger partial charge in [-0.05, 0) is 49.9 Å². The number of rotatable bonds is 2. The van der Waals surface area contributed by atoms with Gasteiger partial charge in [-0.2, -0.15) is 4.31 Å². The number of para-hydroxylation sites is 1. The summed E-state index contributed by atoms with van der Waals surface area (Å²) in [5, 5.41) is 1.24. The van der Waals surface area contributed by atoms with E-state index in [0.29, 0.717) is 18.0 Å². The molecular formula is C21H24N2O2S. The Morgan fingerprint density at radius 2 is 1.65 bits per heavy atom. The summed E-state index contributed by atoms with van der Waals surface area (Å²) in [6.45, 7) is 6.73. The molecule has 3 aromatic rings. The maximum absolute atomic E-state index is 13.4. The summed E-state index contributed by atoms with van der Waals surface area (Å²) in [5.74, 6) is 0. The van der Waals surface area contributed by atoms with Crippen LogP contribution in [0, 0.1) is 20.8 Å². The molecule has 0 amide bonds. The molecule has 0 saturated carbocycles. The predicted molar refractivity (Wildman–Crippen MR) is 105 cm³/mol. The molecule has 2 heterocycles. The molecule has 5 heteroatoms. The Kier molecular flexibility index (Phi) is 3.97. The molecule has 4 nitrogen and oxygen atoms in total. The number of aromatic nitrogens is 1. The number of sulfonamides is 1. The SMILES string of the molecule is Cc1cc(C)c(S(=O)(=O)N2CCc3c(n(C)c4ccccc34)C2)c(C)c1. The standard InChI is InChI=1S/C21H24N2O2S/c1-14-11-15(2)21(16(3)12-14)26(24,25)23-10-9-18-17-7-5-6-8-19(17)22(4)20(18)13-23/h5-8,11-12H,9-10,13H2,1-4H3. The van der Waals surface area contributed by atoms with Crippen LogP contribution in [0.4, 0.5) is 0 Å². The average Bonchev–Trinajstić information content (AvgIpc) is 2.86. The fourth-order valence-electron chi connectivity index (χ4n) is 4.40. The Morgan fingerprint density at radius 3 is 2.35 bits per heavy atom. The largest absolute Gasteiger partial charge is 0.346 e. The van der Waals surface area contributed by atoms with Crippen LogP contribution in [0.25, 0.3) is 10.9 Å². The van der Waals surface area contributed by atoms with E-state index >= 15 is 0 Å². The van der Waals surface area contributed by atoms with Gasteiger partial charge in [-0.1, -0.05) is 35.9 Å². The smallest absolute Gasteiger partial charge is 0.243 e. The van der Waals surface area contributed by atoms with E-state index in [4.69, 9.17) is 0 Å². The van der Waals surface area contributed by atoms with Crippen LogP contribution in [0.15, 0.2) is 41.3 Å². The molecule has 4 rings (SSSR count). The lowest BCUT2D eigenvalue weighted by Gasteiger charge is -2.28. The fraction of sp³-hybridized carbons (Fsp3) is 0.333. The van der Waals surface area contributed by atoms with Crippen molar-refractivity contribution in [2.45, 2.75) is 38.6 Å². The average molecular weight is 369 g/mol. The highest BCUT2D eigenvalue weighted by Crippen LogP contribution is 2.33. The summed E-state index contributed by atoms with van der Waals surface area (Å²) in [6, 6.07) is 12.2. The Hall–Kier alpha value is -2.11. The van der Waals surface area contributed by atoms with Gasteiger partial charge < -0.3 is 4.57 Å². The Bertz CT molecular complexity index is 1100. The van der Waals surface area contributed by atoms with Gasteiger partial charge in [-0.3, -0.25) is 0 Å². The zero-order valence-electron chi connectivity index (χ0n) is 15.7. The van der Waals surface area contributed by atoms with Crippen LogP contribution in [0.1, 0.15) is 27.9 Å². The number of benzene rings is 2. The lowest BCUT2D eigenvalue weighted by atomic mass is 10.0. The molecule has 0 saturated heterocycles. The van der Waals surface area contributed by atoms with Crippen LogP contribution in [0.2, 0.25) is 0 Å². The van der Waals surface area contributed by atoms with Gasteiger partial charge in [0.05, 0.1) is 11.4 Å². The van der Waals surface area contributed by atoms with Crippen LogP contribution < -0.4 is 0 Å². The molecule has 0 fully saturated rings. The summed E-state index contributed by atoms with van der Waals surface area (Å²) >= 11 is 0. The Labute approximate surface area is 155 Å². The first kappa shape index (κ1) is 17.3. The molecule has 0 aliphatic carbocycles. The lowest BCUT2D eigenvalue weighted by Crippen LogP contribution is -2.37. The molecule has 0 bridgehead atoms. The monoisotopic (exact) mass is 368 g/mol. The van der Waals surface area contributed by atoms with E-state index in [1.165, 1.54) is 16.5 Å². The zero-order valence-corrected chi connectivity index (χ0v) is 16.5. The second kappa shape index (κ2) is 5.96. The van der Waals surface area contributed by atoms with Crippen molar-refractivity contribution >= 4 is 20.9 Å². The van der Waals surface area contributed by atoms with Gasteiger partial charge in [0.25, 0.3) is 0 Å². The van der Waals surface area contributed by atoms with E-state index in [9.17, 15) is 8.42 Å². The first-order valence-electron chi connectivity index (χ1n) is 8.94. The number of aryl methyl sites for hydroxylation is 4. The van der Waals surface area contributed by atoms with Crippen LogP contribution >= 0.6 is 0 Å². The minimum absolute atomic E-state index is 0.426. The second-order valence-electron chi connectivity index (χ2n) is 7.32. The number of fused-ring (bicyclic) bond motifs is 3. The molecule has 136 valence electrons. The van der Waals surface area contributed by atoms with E-state index in [0.717, 1.165) is 28.8 Å². The van der Waals surface area contributed by atoms with Crippen molar-refractivity contribution in [3.63, 3.8) is 0 Å². The fourth-order valence-corrected chi connectivity index (χ4v) is 6.21. The Morgan fingerprint density at radius 1 is 1.00 bits per heavy atom. The normalized spacial score (nSPS) is 15.4. The van der Waals surface area contributed by atoms with Gasteiger partial charge in [-0.15, -0.1) is 0 Å². The highest BCUT2D eigenvalue weighted by molar-refractivity contribution is 7.89. The van der Waals surface area contributed by atoms with E-state index in [-0.39, 0.29) is 0 Å². The predicted octanol–water partition coefficient (Wildman–Crippen LogP) is 3.85. The van der Waals surface area contributed by atoms with Gasteiger partial charge in [-0.25, -0.2) is 8.42 Å². The third-order valence-corrected chi connectivity index (χ3v) is 7.63. The van der Waals surface area contributed by atoms with Crippen molar-refractivity contribution < 1.29 is 8.42 Å². The topological polar surface area (TPSA) is 42.3 Å². The van der Waals surface area contributed by atoms with Crippen molar-refractivity contribution in [1.82, 2.24) is 8.87 Å². The highest BCUT2D eigenvalue weighted by atomic mass is 32.2. The third-order valence-electron chi connectivity index (χ3n) is 5.48. The molecule has 2 aromatic carbocycles. The summed E-state index contributed by atoms with van der Waals surface area (Å²) in [5.41, 5.74) is 6.29. The van der Waals surface area contributed by atoms with Crippen LogP contribution in [-0.2, 0) is 30.0 Å². The van der Waals surface area contributed by atoms with Crippen molar-refractivity contribution in [2.75, 3.05) is 6.54 Å². The molecule has 1 aliphatic heterocycles. The highest BCUT2D eigenvalue weighted by Gasteiger charge is 2.33. The van der Waals surface area contributed by atoms with Gasteiger partial charge in [0.15, 0.2) is 0 Å². The molecule has 0 radical (unpaired) electrons. The van der Waals surface area contributed by atoms with Crippen LogP contribution in [-0.4, -0.2) is 23.8 Å². The van der Waals surface area contributed by atoms with E-state index in [2.05, 4.69) is 16.7 Å². The summed E-state index contributed by atoms with van der Waals surface area (Å²) in [4.78, 5) is 0.463. The Balaban J connectivity index is 1.80. The quantitative estimate of drug-likeness (QED) is 0.689. The maximum atomic E-state index is 13.4. The molecule has 1 aliphatic rings. The van der Waals surface area contributed by atoms with Gasteiger partial charge >= 0.3 is 0 Å². The van der Waals surface area contributed by atoms with Crippen LogP contribution in [0.3, 0.4) is 0 Å². The second-order valence-corrected chi connectivity index (χ2v) is 9.19. The number of hydrogen-bond donors (Lipinski definition) is 0. The van der Waals surface area contributed by atoms with Crippen molar-refractivity contribution in [1.29, 1.82) is 0 Å². The third kappa shape index (κ3) is 2.49. The molecule has 26 heavy (non-hydrogen) atoms.